The monoisotopic (exact) mass is 460 g/mol. The van der Waals surface area contributed by atoms with Crippen molar-refractivity contribution in [1.82, 2.24) is 30.0 Å². The number of carbonyl (C=O) groups is 1. The normalized spacial score (nSPS) is 17.3. The van der Waals surface area contributed by atoms with E-state index in [0.717, 1.165) is 34.6 Å². The molecule has 11 heteroatoms. The summed E-state index contributed by atoms with van der Waals surface area (Å²) < 4.78 is 9.10. The van der Waals surface area contributed by atoms with Gasteiger partial charge in [0.05, 0.1) is 29.1 Å². The van der Waals surface area contributed by atoms with Gasteiger partial charge in [0.25, 0.3) is 5.91 Å². The van der Waals surface area contributed by atoms with Crippen LogP contribution in [0.3, 0.4) is 0 Å². The zero-order valence-electron chi connectivity index (χ0n) is 17.6. The van der Waals surface area contributed by atoms with Gasteiger partial charge in [-0.2, -0.15) is 5.26 Å². The van der Waals surface area contributed by atoms with E-state index >= 15 is 0 Å². The summed E-state index contributed by atoms with van der Waals surface area (Å²) in [6, 6.07) is 8.09. The van der Waals surface area contributed by atoms with Gasteiger partial charge in [0.15, 0.2) is 0 Å². The van der Waals surface area contributed by atoms with Gasteiger partial charge in [-0.1, -0.05) is 0 Å². The van der Waals surface area contributed by atoms with E-state index in [1.165, 1.54) is 18.1 Å². The largest absolute Gasteiger partial charge is 0.431 e. The standard InChI is InChI=1S/C22H20N8O2S/c1-24-21(31)17-11-28-22(32-17)16-10-27-20-15(3-5-26-20)19(16)29-13-7-14(8-13)30-33-18-6-12(9-23)2-4-25-18/h2-6,10-11,13-14,30H,7-8H2,1H3,(H,24,31)(H2,26,27,29)/t13-,14-. The lowest BCUT2D eigenvalue weighted by molar-refractivity contribution is 0.0936. The Balaban J connectivity index is 1.29. The van der Waals surface area contributed by atoms with Crippen molar-refractivity contribution in [3.05, 3.63) is 54.3 Å². The van der Waals surface area contributed by atoms with E-state index in [-0.39, 0.29) is 17.7 Å². The highest BCUT2D eigenvalue weighted by molar-refractivity contribution is 7.97. The van der Waals surface area contributed by atoms with E-state index in [1.807, 2.05) is 12.3 Å². The van der Waals surface area contributed by atoms with Crippen molar-refractivity contribution in [1.29, 1.82) is 5.26 Å². The molecule has 0 atom stereocenters. The van der Waals surface area contributed by atoms with Crippen LogP contribution >= 0.6 is 11.9 Å². The van der Waals surface area contributed by atoms with Crippen molar-refractivity contribution in [2.24, 2.45) is 0 Å². The van der Waals surface area contributed by atoms with E-state index < -0.39 is 0 Å². The van der Waals surface area contributed by atoms with E-state index in [4.69, 9.17) is 9.68 Å². The summed E-state index contributed by atoms with van der Waals surface area (Å²) in [5, 5.41) is 16.9. The zero-order valence-corrected chi connectivity index (χ0v) is 18.4. The van der Waals surface area contributed by atoms with Gasteiger partial charge in [-0.15, -0.1) is 0 Å². The Bertz CT molecular complexity index is 1350. The molecule has 10 nitrogen and oxygen atoms in total. The number of aromatic nitrogens is 4. The molecule has 5 rings (SSSR count). The van der Waals surface area contributed by atoms with Gasteiger partial charge >= 0.3 is 0 Å². The summed E-state index contributed by atoms with van der Waals surface area (Å²) in [6.45, 7) is 0. The maximum absolute atomic E-state index is 11.9. The molecule has 33 heavy (non-hydrogen) atoms. The number of fused-ring (bicyclic) bond motifs is 1. The Morgan fingerprint density at radius 3 is 2.94 bits per heavy atom. The van der Waals surface area contributed by atoms with E-state index in [1.54, 1.807) is 31.6 Å². The number of amides is 1. The van der Waals surface area contributed by atoms with Crippen molar-refractivity contribution >= 4 is 34.6 Å². The topological polar surface area (TPSA) is 145 Å². The third-order valence-electron chi connectivity index (χ3n) is 5.45. The summed E-state index contributed by atoms with van der Waals surface area (Å²) in [7, 11) is 1.54. The van der Waals surface area contributed by atoms with Crippen LogP contribution in [0.25, 0.3) is 22.5 Å². The number of anilines is 1. The third kappa shape index (κ3) is 4.26. The molecule has 0 bridgehead atoms. The molecule has 1 fully saturated rings. The highest BCUT2D eigenvalue weighted by Gasteiger charge is 2.31. The quantitative estimate of drug-likeness (QED) is 0.306. The molecule has 0 spiro atoms. The number of oxazole rings is 1. The summed E-state index contributed by atoms with van der Waals surface area (Å²) in [4.78, 5) is 28.0. The van der Waals surface area contributed by atoms with Crippen molar-refractivity contribution in [2.75, 3.05) is 12.4 Å². The summed E-state index contributed by atoms with van der Waals surface area (Å²) in [5.74, 6) is 0.144. The van der Waals surface area contributed by atoms with E-state index in [0.29, 0.717) is 23.1 Å². The molecule has 4 heterocycles. The minimum Gasteiger partial charge on any atom is -0.431 e. The lowest BCUT2D eigenvalue weighted by Gasteiger charge is -2.37. The predicted molar refractivity (Wildman–Crippen MR) is 123 cm³/mol. The molecular weight excluding hydrogens is 440 g/mol. The second kappa shape index (κ2) is 8.93. The van der Waals surface area contributed by atoms with Crippen molar-refractivity contribution < 1.29 is 9.21 Å². The number of nitriles is 1. The predicted octanol–water partition coefficient (Wildman–Crippen LogP) is 3.08. The average molecular weight is 461 g/mol. The molecule has 4 aromatic heterocycles. The molecule has 166 valence electrons. The SMILES string of the molecule is CNC(=O)c1cnc(-c2cnc3[nH]ccc3c2N[C@H]2C[C@H](NSc3cc(C#N)ccn3)C2)o1. The number of hydrogen-bond donors (Lipinski definition) is 4. The van der Waals surface area contributed by atoms with Crippen molar-refractivity contribution in [2.45, 2.75) is 30.0 Å². The van der Waals surface area contributed by atoms with Crippen molar-refractivity contribution in [3.8, 4) is 17.5 Å². The average Bonchev–Trinajstić information content (AvgIpc) is 3.50. The van der Waals surface area contributed by atoms with Gasteiger partial charge in [-0.05, 0) is 43.0 Å². The van der Waals surface area contributed by atoms with Crippen LogP contribution in [0.4, 0.5) is 5.69 Å². The van der Waals surface area contributed by atoms with Crippen LogP contribution in [-0.4, -0.2) is 45.0 Å². The molecule has 1 amide bonds. The van der Waals surface area contributed by atoms with Gasteiger partial charge in [-0.3, -0.25) is 9.52 Å². The van der Waals surface area contributed by atoms with E-state index in [2.05, 4.69) is 41.4 Å². The maximum atomic E-state index is 11.9. The van der Waals surface area contributed by atoms with Gasteiger partial charge in [-0.25, -0.2) is 15.0 Å². The number of hydrogen-bond acceptors (Lipinski definition) is 9. The second-order valence-corrected chi connectivity index (χ2v) is 8.48. The van der Waals surface area contributed by atoms with Crippen molar-refractivity contribution in [3.63, 3.8) is 0 Å². The van der Waals surface area contributed by atoms with Crippen LogP contribution in [0.15, 0.2) is 52.4 Å². The number of aromatic amines is 1. The molecule has 0 radical (unpaired) electrons. The number of pyridine rings is 2. The minimum atomic E-state index is -0.334. The fourth-order valence-electron chi connectivity index (χ4n) is 3.67. The molecule has 0 unspecified atom stereocenters. The first-order chi connectivity index (χ1) is 16.1. The molecule has 1 aliphatic rings. The van der Waals surface area contributed by atoms with Crippen LogP contribution in [0.2, 0.25) is 0 Å². The summed E-state index contributed by atoms with van der Waals surface area (Å²) in [5.41, 5.74) is 2.91. The molecule has 1 saturated carbocycles. The van der Waals surface area contributed by atoms with Crippen LogP contribution in [0.5, 0.6) is 0 Å². The molecule has 4 aromatic rings. The molecular formula is C22H20N8O2S. The number of nitrogens with zero attached hydrogens (tertiary/aromatic N) is 4. The highest BCUT2D eigenvalue weighted by Crippen LogP contribution is 2.36. The molecule has 1 aliphatic carbocycles. The number of H-pyrrole nitrogens is 1. The van der Waals surface area contributed by atoms with Crippen LogP contribution < -0.4 is 15.4 Å². The Labute approximate surface area is 193 Å². The Morgan fingerprint density at radius 1 is 1.24 bits per heavy atom. The van der Waals surface area contributed by atoms with Crippen LogP contribution in [-0.2, 0) is 0 Å². The minimum absolute atomic E-state index is 0.145. The Hall–Kier alpha value is -3.88. The highest BCUT2D eigenvalue weighted by atomic mass is 32.2. The van der Waals surface area contributed by atoms with Gasteiger partial charge in [0, 0.05) is 43.1 Å². The summed E-state index contributed by atoms with van der Waals surface area (Å²) in [6.07, 6.45) is 8.40. The molecule has 0 saturated heterocycles. The third-order valence-corrected chi connectivity index (χ3v) is 6.34. The van der Waals surface area contributed by atoms with Crippen LogP contribution in [0, 0.1) is 11.3 Å². The number of nitrogens with one attached hydrogen (secondary N) is 4. The molecule has 4 N–H and O–H groups in total. The zero-order chi connectivity index (χ0) is 22.8. The maximum Gasteiger partial charge on any atom is 0.288 e. The molecule has 0 aliphatic heterocycles. The number of rotatable bonds is 7. The first-order valence-electron chi connectivity index (χ1n) is 10.3. The first-order valence-corrected chi connectivity index (χ1v) is 11.2. The van der Waals surface area contributed by atoms with Gasteiger partial charge in [0.1, 0.15) is 10.7 Å². The molecule has 0 aromatic carbocycles. The fourth-order valence-corrected chi connectivity index (χ4v) is 4.45. The first kappa shape index (κ1) is 21.0. The van der Waals surface area contributed by atoms with E-state index in [9.17, 15) is 4.79 Å². The number of carbonyl (C=O) groups excluding carboxylic acids is 1. The Kier molecular flexibility index (Phi) is 5.68. The fraction of sp³-hybridized carbons (Fsp3) is 0.227. The van der Waals surface area contributed by atoms with Gasteiger partial charge in [0.2, 0.25) is 11.7 Å². The lowest BCUT2D eigenvalue weighted by atomic mass is 9.87. The smallest absolute Gasteiger partial charge is 0.288 e. The van der Waals surface area contributed by atoms with Gasteiger partial charge < -0.3 is 20.0 Å². The lowest BCUT2D eigenvalue weighted by Crippen LogP contribution is -2.45. The van der Waals surface area contributed by atoms with Crippen LogP contribution in [0.1, 0.15) is 29.0 Å². The Morgan fingerprint density at radius 2 is 2.12 bits per heavy atom. The summed E-state index contributed by atoms with van der Waals surface area (Å²) >= 11 is 1.44. The second-order valence-electron chi connectivity index (χ2n) is 7.62.